The summed E-state index contributed by atoms with van der Waals surface area (Å²) in [7, 11) is 0. The Labute approximate surface area is 400 Å². The summed E-state index contributed by atoms with van der Waals surface area (Å²) in [6.07, 6.45) is 0. The van der Waals surface area contributed by atoms with Crippen molar-refractivity contribution in [3.8, 4) is 55.6 Å². The van der Waals surface area contributed by atoms with Gasteiger partial charge in [0.2, 0.25) is 0 Å². The lowest BCUT2D eigenvalue weighted by Crippen LogP contribution is -2.09. The largest absolute Gasteiger partial charge is 0.311 e. The Kier molecular flexibility index (Phi) is 9.77. The van der Waals surface area contributed by atoms with Crippen LogP contribution >= 0.6 is 11.3 Å². The first-order valence-electron chi connectivity index (χ1n) is 23.3. The van der Waals surface area contributed by atoms with E-state index in [1.54, 1.807) is 0 Å². The summed E-state index contributed by atoms with van der Waals surface area (Å²) < 4.78 is 2.64. The van der Waals surface area contributed by atoms with E-state index < -0.39 is 0 Å². The van der Waals surface area contributed by atoms with E-state index in [-0.39, 0.29) is 0 Å². The van der Waals surface area contributed by atoms with Gasteiger partial charge in [-0.1, -0.05) is 218 Å². The van der Waals surface area contributed by atoms with Crippen molar-refractivity contribution in [2.24, 2.45) is 0 Å². The van der Waals surface area contributed by atoms with E-state index in [1.807, 2.05) is 11.3 Å². The van der Waals surface area contributed by atoms with E-state index >= 15 is 0 Å². The highest BCUT2D eigenvalue weighted by molar-refractivity contribution is 7.26. The highest BCUT2D eigenvalue weighted by Crippen LogP contribution is 2.46. The van der Waals surface area contributed by atoms with Gasteiger partial charge in [-0.2, -0.15) is 0 Å². The molecule has 13 aromatic rings. The Morgan fingerprint density at radius 1 is 0.221 bits per heavy atom. The van der Waals surface area contributed by atoms with Crippen LogP contribution in [-0.4, -0.2) is 0 Å². The van der Waals surface area contributed by atoms with Gasteiger partial charge in [0.25, 0.3) is 0 Å². The number of hydrogen-bond acceptors (Lipinski definition) is 2. The zero-order valence-electron chi connectivity index (χ0n) is 37.2. The number of hydrogen-bond donors (Lipinski definition) is 0. The maximum Gasteiger partial charge on any atom is 0.0462 e. The minimum atomic E-state index is 1.10. The van der Waals surface area contributed by atoms with Crippen molar-refractivity contribution < 1.29 is 0 Å². The third-order valence-electron chi connectivity index (χ3n) is 13.7. The quantitative estimate of drug-likeness (QED) is 0.147. The second-order valence-corrected chi connectivity index (χ2v) is 18.6. The van der Waals surface area contributed by atoms with Crippen LogP contribution in [0.4, 0.5) is 17.1 Å². The fourth-order valence-corrected chi connectivity index (χ4v) is 11.7. The van der Waals surface area contributed by atoms with Crippen molar-refractivity contribution in [2.75, 3.05) is 4.90 Å². The van der Waals surface area contributed by atoms with Gasteiger partial charge in [0, 0.05) is 42.8 Å². The van der Waals surface area contributed by atoms with E-state index in [2.05, 4.69) is 266 Å². The Bertz CT molecular complexity index is 3870. The molecular weight excluding hydrogens is 839 g/mol. The molecule has 318 valence electrons. The van der Waals surface area contributed by atoms with Crippen LogP contribution in [0.1, 0.15) is 0 Å². The van der Waals surface area contributed by atoms with Crippen molar-refractivity contribution in [3.05, 3.63) is 261 Å². The van der Waals surface area contributed by atoms with Crippen LogP contribution < -0.4 is 4.90 Å². The van der Waals surface area contributed by atoms with Crippen molar-refractivity contribution in [3.63, 3.8) is 0 Å². The molecule has 0 fully saturated rings. The van der Waals surface area contributed by atoms with Gasteiger partial charge in [0.1, 0.15) is 0 Å². The molecule has 0 unspecified atom stereocenters. The third-order valence-corrected chi connectivity index (χ3v) is 15.0. The maximum atomic E-state index is 2.37. The smallest absolute Gasteiger partial charge is 0.0462 e. The Balaban J connectivity index is 0.867. The van der Waals surface area contributed by atoms with Gasteiger partial charge in [-0.3, -0.25) is 0 Å². The van der Waals surface area contributed by atoms with E-state index in [0.717, 1.165) is 17.1 Å². The molecule has 0 saturated heterocycles. The Morgan fingerprint density at radius 3 is 1.10 bits per heavy atom. The fraction of sp³-hybridized carbons (Fsp3) is 0. The van der Waals surface area contributed by atoms with E-state index in [9.17, 15) is 0 Å². The molecule has 0 aliphatic rings. The van der Waals surface area contributed by atoms with Crippen molar-refractivity contribution in [2.45, 2.75) is 0 Å². The zero-order valence-corrected chi connectivity index (χ0v) is 38.0. The average molecular weight is 882 g/mol. The Hall–Kier alpha value is -8.56. The zero-order chi connectivity index (χ0) is 45.0. The monoisotopic (exact) mass is 881 g/mol. The van der Waals surface area contributed by atoms with Crippen molar-refractivity contribution >= 4 is 80.9 Å². The van der Waals surface area contributed by atoms with Crippen LogP contribution in [0.15, 0.2) is 261 Å². The number of nitrogens with zero attached hydrogens (tertiary/aromatic N) is 1. The number of anilines is 3. The molecule has 0 saturated carbocycles. The first kappa shape index (κ1) is 39.8. The summed E-state index contributed by atoms with van der Waals surface area (Å²) in [5, 5.41) is 10.2. The van der Waals surface area contributed by atoms with Crippen LogP contribution in [-0.2, 0) is 0 Å². The van der Waals surface area contributed by atoms with Gasteiger partial charge < -0.3 is 4.90 Å². The first-order valence-corrected chi connectivity index (χ1v) is 24.1. The van der Waals surface area contributed by atoms with Crippen molar-refractivity contribution in [1.82, 2.24) is 0 Å². The minimum Gasteiger partial charge on any atom is -0.311 e. The molecule has 1 nitrogen and oxygen atoms in total. The average Bonchev–Trinajstić information content (AvgIpc) is 3.81. The predicted molar refractivity (Wildman–Crippen MR) is 294 cm³/mol. The van der Waals surface area contributed by atoms with Crippen LogP contribution in [0.5, 0.6) is 0 Å². The summed E-state index contributed by atoms with van der Waals surface area (Å²) >= 11 is 1.91. The van der Waals surface area contributed by atoms with Gasteiger partial charge in [-0.05, 0) is 125 Å². The molecule has 0 N–H and O–H groups in total. The van der Waals surface area contributed by atoms with Crippen molar-refractivity contribution in [1.29, 1.82) is 0 Å². The van der Waals surface area contributed by atoms with Gasteiger partial charge in [0.05, 0.1) is 0 Å². The molecule has 0 atom stereocenters. The summed E-state index contributed by atoms with van der Waals surface area (Å²) in [5.41, 5.74) is 15.6. The molecule has 2 heteroatoms. The van der Waals surface area contributed by atoms with E-state index in [1.165, 1.54) is 108 Å². The first-order chi connectivity index (χ1) is 33.7. The minimum absolute atomic E-state index is 1.10. The lowest BCUT2D eigenvalue weighted by molar-refractivity contribution is 1.28. The SMILES string of the molecule is c1cc(-c2ccc(N(c3ccc(-c4cccc5ccccc45)cc3)c3ccc(-c4cccc5ccccc45)cc3)cc2)cc(-c2cccc3c2sc2c(-c4cccc5ccccc45)cccc23)c1. The molecule has 13 rings (SSSR count). The standard InChI is InChI=1S/C66H43NS/c1-4-21-55-45(13-1)16-8-24-57(55)48-33-39-53(40-34-48)67(54-41-35-49(36-42-54)58-25-9-17-46-14-2-5-22-56(46)58)52-37-31-44(32-38-52)50-19-7-20-51(43-50)60-26-11-29-63-64-30-12-28-62(66(64)68-65(60)63)61-27-10-18-47-15-3-6-23-59(47)61/h1-43H. The fourth-order valence-electron chi connectivity index (χ4n) is 10.4. The van der Waals surface area contributed by atoms with Gasteiger partial charge >= 0.3 is 0 Å². The third kappa shape index (κ3) is 6.93. The van der Waals surface area contributed by atoms with Crippen LogP contribution in [0.2, 0.25) is 0 Å². The highest BCUT2D eigenvalue weighted by atomic mass is 32.1. The van der Waals surface area contributed by atoms with Crippen LogP contribution in [0.3, 0.4) is 0 Å². The second-order valence-electron chi connectivity index (χ2n) is 17.6. The lowest BCUT2D eigenvalue weighted by atomic mass is 9.96. The summed E-state index contributed by atoms with van der Waals surface area (Å²) in [6.45, 7) is 0. The molecule has 0 aliphatic carbocycles. The molecule has 0 radical (unpaired) electrons. The number of rotatable bonds is 8. The maximum absolute atomic E-state index is 2.37. The summed E-state index contributed by atoms with van der Waals surface area (Å²) in [5.74, 6) is 0. The molecule has 0 amide bonds. The molecule has 0 bridgehead atoms. The summed E-state index contributed by atoms with van der Waals surface area (Å²) in [4.78, 5) is 2.37. The van der Waals surface area contributed by atoms with Gasteiger partial charge in [-0.25, -0.2) is 0 Å². The van der Waals surface area contributed by atoms with E-state index in [4.69, 9.17) is 0 Å². The highest BCUT2D eigenvalue weighted by Gasteiger charge is 2.18. The van der Waals surface area contributed by atoms with E-state index in [0.29, 0.717) is 0 Å². The molecule has 1 heterocycles. The molecular formula is C66H43NS. The van der Waals surface area contributed by atoms with Crippen LogP contribution in [0.25, 0.3) is 108 Å². The number of thiophene rings is 1. The normalized spacial score (nSPS) is 11.5. The molecule has 12 aromatic carbocycles. The van der Waals surface area contributed by atoms with Gasteiger partial charge in [-0.15, -0.1) is 11.3 Å². The molecule has 0 aliphatic heterocycles. The molecule has 0 spiro atoms. The topological polar surface area (TPSA) is 3.24 Å². The second kappa shape index (κ2) is 16.7. The van der Waals surface area contributed by atoms with Gasteiger partial charge in [0.15, 0.2) is 0 Å². The summed E-state index contributed by atoms with van der Waals surface area (Å²) in [6, 6.07) is 95.5. The molecule has 68 heavy (non-hydrogen) atoms. The molecule has 1 aromatic heterocycles. The lowest BCUT2D eigenvalue weighted by Gasteiger charge is -2.26. The number of benzene rings is 12. The Morgan fingerprint density at radius 2 is 0.574 bits per heavy atom. The predicted octanol–water partition coefficient (Wildman–Crippen LogP) is 19.3. The van der Waals surface area contributed by atoms with Crippen LogP contribution in [0, 0.1) is 0 Å². The number of fused-ring (bicyclic) bond motifs is 6.